The van der Waals surface area contributed by atoms with Gasteiger partial charge in [0.15, 0.2) is 0 Å². The third-order valence-electron chi connectivity index (χ3n) is 2.97. The first kappa shape index (κ1) is 14.4. The molecule has 0 aromatic rings. The Labute approximate surface area is 107 Å². The third kappa shape index (κ3) is 2.59. The summed E-state index contributed by atoms with van der Waals surface area (Å²) in [7, 11) is 1.46. The van der Waals surface area contributed by atoms with E-state index in [1.807, 2.05) is 6.92 Å². The van der Waals surface area contributed by atoms with Gasteiger partial charge in [0, 0.05) is 13.5 Å². The first-order chi connectivity index (χ1) is 8.47. The van der Waals surface area contributed by atoms with Crippen molar-refractivity contribution in [2.75, 3.05) is 13.7 Å². The fraction of sp³-hybridized carbons (Fsp3) is 0.429. The molecule has 0 saturated carbocycles. The van der Waals surface area contributed by atoms with Crippen molar-refractivity contribution in [2.24, 2.45) is 5.41 Å². The molecule has 4 nitrogen and oxygen atoms in total. The first-order valence-electron chi connectivity index (χ1n) is 5.83. The number of allylic oxidation sites excluding steroid dienone is 3. The fourth-order valence-corrected chi connectivity index (χ4v) is 2.08. The number of methoxy groups -OCH3 is 1. The Balaban J connectivity index is 3.27. The Morgan fingerprint density at radius 3 is 2.67 bits per heavy atom. The predicted molar refractivity (Wildman–Crippen MR) is 68.2 cm³/mol. The van der Waals surface area contributed by atoms with Gasteiger partial charge in [-0.3, -0.25) is 4.79 Å². The molecule has 1 N–H and O–H groups in total. The zero-order valence-electron chi connectivity index (χ0n) is 10.7. The van der Waals surface area contributed by atoms with Gasteiger partial charge in [-0.2, -0.15) is 0 Å². The minimum atomic E-state index is -1.18. The highest BCUT2D eigenvalue weighted by Gasteiger charge is 2.43. The van der Waals surface area contributed by atoms with Crippen LogP contribution in [0.25, 0.3) is 0 Å². The maximum Gasteiger partial charge on any atom is 0.333 e. The van der Waals surface area contributed by atoms with Crippen LogP contribution in [0.3, 0.4) is 0 Å². The third-order valence-corrected chi connectivity index (χ3v) is 2.97. The first-order valence-corrected chi connectivity index (χ1v) is 5.83. The normalized spacial score (nSPS) is 22.8. The number of ketones is 1. The van der Waals surface area contributed by atoms with Crippen molar-refractivity contribution in [2.45, 2.75) is 19.8 Å². The highest BCUT2D eigenvalue weighted by molar-refractivity contribution is 6.02. The van der Waals surface area contributed by atoms with E-state index in [0.29, 0.717) is 18.4 Å². The summed E-state index contributed by atoms with van der Waals surface area (Å²) < 4.78 is 5.06. The summed E-state index contributed by atoms with van der Waals surface area (Å²) in [6.07, 6.45) is 5.70. The Hall–Kier alpha value is -1.68. The zero-order chi connectivity index (χ0) is 13.8. The van der Waals surface area contributed by atoms with Gasteiger partial charge in [0.25, 0.3) is 0 Å². The van der Waals surface area contributed by atoms with E-state index in [1.54, 1.807) is 12.2 Å². The minimum absolute atomic E-state index is 0.0355. The highest BCUT2D eigenvalue weighted by atomic mass is 16.5. The molecule has 0 heterocycles. The number of rotatable bonds is 6. The van der Waals surface area contributed by atoms with Crippen LogP contribution in [0.1, 0.15) is 19.8 Å². The number of ether oxygens (including phenoxy) is 1. The van der Waals surface area contributed by atoms with Gasteiger partial charge in [-0.25, -0.2) is 4.79 Å². The van der Waals surface area contributed by atoms with Crippen molar-refractivity contribution in [3.05, 3.63) is 36.0 Å². The lowest BCUT2D eigenvalue weighted by Gasteiger charge is -2.31. The van der Waals surface area contributed by atoms with E-state index in [1.165, 1.54) is 13.2 Å². The predicted octanol–water partition coefficient (Wildman–Crippen LogP) is 2.13. The Kier molecular flexibility index (Phi) is 4.62. The van der Waals surface area contributed by atoms with Crippen LogP contribution in [0, 0.1) is 5.41 Å². The molecule has 18 heavy (non-hydrogen) atoms. The number of Topliss-reactive ketones (excluding diaryl/α,β-unsaturated/α-hetero) is 1. The van der Waals surface area contributed by atoms with Crippen LogP contribution in [-0.4, -0.2) is 30.6 Å². The van der Waals surface area contributed by atoms with Crippen molar-refractivity contribution >= 4 is 11.8 Å². The molecule has 0 spiro atoms. The van der Waals surface area contributed by atoms with Gasteiger partial charge < -0.3 is 9.84 Å². The topological polar surface area (TPSA) is 63.6 Å². The summed E-state index contributed by atoms with van der Waals surface area (Å²) in [5, 5.41) is 9.28. The number of hydrogen-bond acceptors (Lipinski definition) is 3. The largest absolute Gasteiger partial charge is 0.478 e. The molecule has 98 valence electrons. The summed E-state index contributed by atoms with van der Waals surface area (Å²) in [5.41, 5.74) is -0.573. The second-order valence-electron chi connectivity index (χ2n) is 4.35. The van der Waals surface area contributed by atoms with Gasteiger partial charge in [-0.05, 0) is 18.1 Å². The maximum absolute atomic E-state index is 12.3. The average Bonchev–Trinajstić information content (AvgIpc) is 2.31. The van der Waals surface area contributed by atoms with Gasteiger partial charge in [0.05, 0.1) is 12.2 Å². The van der Waals surface area contributed by atoms with Crippen molar-refractivity contribution < 1.29 is 19.4 Å². The molecule has 1 rings (SSSR count). The lowest BCUT2D eigenvalue weighted by molar-refractivity contribution is -0.138. The van der Waals surface area contributed by atoms with Crippen molar-refractivity contribution in [1.82, 2.24) is 0 Å². The molecule has 1 atom stereocenters. The molecule has 0 amide bonds. The van der Waals surface area contributed by atoms with E-state index < -0.39 is 11.4 Å². The van der Waals surface area contributed by atoms with Crippen LogP contribution in [0.4, 0.5) is 0 Å². The summed E-state index contributed by atoms with van der Waals surface area (Å²) in [6.45, 7) is 5.62. The summed E-state index contributed by atoms with van der Waals surface area (Å²) >= 11 is 0. The molecule has 1 aliphatic rings. The second kappa shape index (κ2) is 5.78. The number of carbonyl (C=O) groups is 2. The molecule has 4 heteroatoms. The number of aliphatic carboxylic acids is 1. The van der Waals surface area contributed by atoms with E-state index in [0.717, 1.165) is 0 Å². The molecule has 1 unspecified atom stereocenters. The second-order valence-corrected chi connectivity index (χ2v) is 4.35. The van der Waals surface area contributed by atoms with Gasteiger partial charge >= 0.3 is 5.97 Å². The smallest absolute Gasteiger partial charge is 0.333 e. The molecular formula is C14H18O4. The van der Waals surface area contributed by atoms with Gasteiger partial charge in [0.2, 0.25) is 0 Å². The SMILES string of the molecule is C=C1C=CC(COC)(C(=O)CCC)C(C(=O)O)=C1. The van der Waals surface area contributed by atoms with E-state index in [4.69, 9.17) is 4.74 Å². The van der Waals surface area contributed by atoms with Crippen molar-refractivity contribution in [1.29, 1.82) is 0 Å². The van der Waals surface area contributed by atoms with E-state index in [-0.39, 0.29) is 18.0 Å². The van der Waals surface area contributed by atoms with Crippen LogP contribution in [0.15, 0.2) is 36.0 Å². The van der Waals surface area contributed by atoms with Gasteiger partial charge in [-0.15, -0.1) is 0 Å². The van der Waals surface area contributed by atoms with E-state index in [9.17, 15) is 14.7 Å². The molecule has 0 bridgehead atoms. The van der Waals surface area contributed by atoms with Crippen molar-refractivity contribution in [3.8, 4) is 0 Å². The van der Waals surface area contributed by atoms with E-state index in [2.05, 4.69) is 6.58 Å². The van der Waals surface area contributed by atoms with Crippen LogP contribution in [-0.2, 0) is 14.3 Å². The monoisotopic (exact) mass is 250 g/mol. The molecule has 0 aromatic heterocycles. The lowest BCUT2D eigenvalue weighted by atomic mass is 9.72. The number of carbonyl (C=O) groups excluding carboxylic acids is 1. The van der Waals surface area contributed by atoms with Crippen LogP contribution < -0.4 is 0 Å². The number of carboxylic acid groups (broad SMARTS) is 1. The van der Waals surface area contributed by atoms with Gasteiger partial charge in [-0.1, -0.05) is 25.7 Å². The lowest BCUT2D eigenvalue weighted by Crippen LogP contribution is -2.39. The Morgan fingerprint density at radius 2 is 2.17 bits per heavy atom. The quantitative estimate of drug-likeness (QED) is 0.784. The van der Waals surface area contributed by atoms with Crippen LogP contribution >= 0.6 is 0 Å². The molecule has 0 fully saturated rings. The maximum atomic E-state index is 12.3. The average molecular weight is 250 g/mol. The fourth-order valence-electron chi connectivity index (χ4n) is 2.08. The molecular weight excluding hydrogens is 232 g/mol. The molecule has 0 radical (unpaired) electrons. The molecule has 0 aromatic carbocycles. The minimum Gasteiger partial charge on any atom is -0.478 e. The van der Waals surface area contributed by atoms with Gasteiger partial charge in [0.1, 0.15) is 11.2 Å². The Morgan fingerprint density at radius 1 is 1.50 bits per heavy atom. The number of carboxylic acids is 1. The molecule has 1 aliphatic carbocycles. The zero-order valence-corrected chi connectivity index (χ0v) is 10.7. The van der Waals surface area contributed by atoms with E-state index >= 15 is 0 Å². The van der Waals surface area contributed by atoms with Crippen molar-refractivity contribution in [3.63, 3.8) is 0 Å². The standard InChI is InChI=1S/C14H18O4/c1-4-5-12(15)14(9-18-3)7-6-10(2)8-11(14)13(16)17/h6-8H,2,4-5,9H2,1,3H3,(H,16,17). The number of hydrogen-bond donors (Lipinski definition) is 1. The van der Waals surface area contributed by atoms with Crippen LogP contribution in [0.2, 0.25) is 0 Å². The molecule has 0 aliphatic heterocycles. The Bertz CT molecular complexity index is 431. The highest BCUT2D eigenvalue weighted by Crippen LogP contribution is 2.37. The summed E-state index contributed by atoms with van der Waals surface area (Å²) in [4.78, 5) is 23.6. The molecule has 0 saturated heterocycles. The summed E-state index contributed by atoms with van der Waals surface area (Å²) in [6, 6.07) is 0. The summed E-state index contributed by atoms with van der Waals surface area (Å²) in [5.74, 6) is -1.24. The van der Waals surface area contributed by atoms with Crippen LogP contribution in [0.5, 0.6) is 0 Å².